The van der Waals surface area contributed by atoms with Gasteiger partial charge in [-0.25, -0.2) is 4.98 Å². The van der Waals surface area contributed by atoms with Crippen molar-refractivity contribution in [3.63, 3.8) is 0 Å². The number of rotatable bonds is 2. The van der Waals surface area contributed by atoms with E-state index in [1.54, 1.807) is 0 Å². The van der Waals surface area contributed by atoms with Crippen LogP contribution >= 0.6 is 0 Å². The van der Waals surface area contributed by atoms with E-state index in [0.717, 1.165) is 0 Å². The van der Waals surface area contributed by atoms with Gasteiger partial charge in [0.25, 0.3) is 0 Å². The number of aliphatic imine (C=N–C) groups is 1. The molecule has 0 radical (unpaired) electrons. The Morgan fingerprint density at radius 3 is 2.64 bits per heavy atom. The molecule has 11 heteroatoms. The Labute approximate surface area is 124 Å². The van der Waals surface area contributed by atoms with Gasteiger partial charge in [-0.05, 0) is 0 Å². The summed E-state index contributed by atoms with van der Waals surface area (Å²) in [6.45, 7) is -0.437. The Morgan fingerprint density at radius 1 is 1.27 bits per heavy atom. The summed E-state index contributed by atoms with van der Waals surface area (Å²) in [5.74, 6) is 0.165. The van der Waals surface area contributed by atoms with Crippen molar-refractivity contribution in [3.8, 4) is 0 Å². The van der Waals surface area contributed by atoms with Crippen molar-refractivity contribution in [2.75, 3.05) is 6.61 Å². The standard InChI is InChI=1S/C11H17N7O4/c12-8-4-5(9(13)17-11(14)16-8)18(2-15-4)10-7(21)6(20)3(1-19)22-10/h2-3,6-7,10,19-21H,1,12-13H2,(H3,14,16,17)/t3-,6-,7-,10?/m1/s1. The van der Waals surface area contributed by atoms with Gasteiger partial charge in [-0.2, -0.15) is 4.99 Å². The highest BCUT2D eigenvalue weighted by Crippen LogP contribution is 2.27. The number of nitrogens with zero attached hydrogens (tertiary/aromatic N) is 3. The highest BCUT2D eigenvalue weighted by molar-refractivity contribution is 5.87. The van der Waals surface area contributed by atoms with E-state index in [4.69, 9.17) is 27.0 Å². The van der Waals surface area contributed by atoms with Crippen LogP contribution in [0.2, 0.25) is 0 Å². The molecule has 3 heterocycles. The molecule has 0 spiro atoms. The average Bonchev–Trinajstić information content (AvgIpc) is 2.98. The fourth-order valence-corrected chi connectivity index (χ4v) is 2.53. The zero-order valence-corrected chi connectivity index (χ0v) is 11.4. The first-order chi connectivity index (χ1) is 10.4. The monoisotopic (exact) mass is 311 g/mol. The van der Waals surface area contributed by atoms with Crippen molar-refractivity contribution in [2.24, 2.45) is 22.2 Å². The van der Waals surface area contributed by atoms with Crippen LogP contribution in [0.4, 0.5) is 0 Å². The molecule has 0 amide bonds. The van der Waals surface area contributed by atoms with Crippen molar-refractivity contribution >= 4 is 17.6 Å². The van der Waals surface area contributed by atoms with Gasteiger partial charge in [-0.3, -0.25) is 4.57 Å². The molecule has 22 heavy (non-hydrogen) atoms. The SMILES string of the molecule is NC1=NC(N)=c2ncn(C3O[C@H](CO)[C@@H](O)[C@H]3O)c2=C(N)N1. The van der Waals surface area contributed by atoms with Crippen molar-refractivity contribution in [2.45, 2.75) is 24.5 Å². The molecule has 10 N–H and O–H groups in total. The van der Waals surface area contributed by atoms with Crippen LogP contribution < -0.4 is 33.2 Å². The van der Waals surface area contributed by atoms with E-state index in [0.29, 0.717) is 5.35 Å². The predicted octanol–water partition coefficient (Wildman–Crippen LogP) is -5.54. The third-order valence-electron chi connectivity index (χ3n) is 3.59. The van der Waals surface area contributed by atoms with Gasteiger partial charge in [-0.15, -0.1) is 0 Å². The molecule has 1 saturated heterocycles. The van der Waals surface area contributed by atoms with Gasteiger partial charge in [-0.1, -0.05) is 0 Å². The molecule has 11 nitrogen and oxygen atoms in total. The fourth-order valence-electron chi connectivity index (χ4n) is 2.53. The lowest BCUT2D eigenvalue weighted by molar-refractivity contribution is -0.0541. The summed E-state index contributed by atoms with van der Waals surface area (Å²) in [4.78, 5) is 7.98. The van der Waals surface area contributed by atoms with E-state index < -0.39 is 31.1 Å². The summed E-state index contributed by atoms with van der Waals surface area (Å²) in [6.07, 6.45) is -3.07. The van der Waals surface area contributed by atoms with E-state index in [-0.39, 0.29) is 23.0 Å². The van der Waals surface area contributed by atoms with Crippen molar-refractivity contribution < 1.29 is 20.1 Å². The Kier molecular flexibility index (Phi) is 3.41. The van der Waals surface area contributed by atoms with Gasteiger partial charge in [0.15, 0.2) is 12.0 Å². The smallest absolute Gasteiger partial charge is 0.201 e. The number of aliphatic hydroxyl groups excluding tert-OH is 3. The highest BCUT2D eigenvalue weighted by atomic mass is 16.6. The molecular weight excluding hydrogens is 294 g/mol. The number of nitrogens with one attached hydrogen (secondary N) is 1. The number of aromatic nitrogens is 2. The molecule has 1 fully saturated rings. The van der Waals surface area contributed by atoms with E-state index >= 15 is 0 Å². The molecule has 3 rings (SSSR count). The molecule has 1 unspecified atom stereocenters. The van der Waals surface area contributed by atoms with Gasteiger partial charge < -0.3 is 42.6 Å². The van der Waals surface area contributed by atoms with Gasteiger partial charge in [0, 0.05) is 0 Å². The van der Waals surface area contributed by atoms with Crippen molar-refractivity contribution in [1.29, 1.82) is 0 Å². The quantitative estimate of drug-likeness (QED) is 0.279. The zero-order chi connectivity index (χ0) is 16.0. The second-order valence-corrected chi connectivity index (χ2v) is 5.00. The molecular formula is C11H17N7O4. The average molecular weight is 311 g/mol. The molecule has 0 saturated carbocycles. The number of imidazole rings is 1. The number of fused-ring (bicyclic) bond motifs is 1. The first kappa shape index (κ1) is 14.6. The minimum atomic E-state index is -1.27. The molecule has 0 aliphatic carbocycles. The van der Waals surface area contributed by atoms with Crippen LogP contribution in [-0.4, -0.2) is 55.7 Å². The molecule has 1 aromatic heterocycles. The highest BCUT2D eigenvalue weighted by Gasteiger charge is 2.43. The van der Waals surface area contributed by atoms with E-state index in [1.165, 1.54) is 10.9 Å². The molecule has 2 aliphatic heterocycles. The number of ether oxygens (including phenoxy) is 1. The molecule has 120 valence electrons. The van der Waals surface area contributed by atoms with Crippen molar-refractivity contribution in [3.05, 3.63) is 17.0 Å². The van der Waals surface area contributed by atoms with Gasteiger partial charge in [0.05, 0.1) is 12.9 Å². The number of hydrogen-bond donors (Lipinski definition) is 7. The second kappa shape index (κ2) is 5.14. The van der Waals surface area contributed by atoms with Crippen LogP contribution in [0.3, 0.4) is 0 Å². The Hall–Kier alpha value is -2.34. The van der Waals surface area contributed by atoms with Gasteiger partial charge >= 0.3 is 0 Å². The number of aliphatic hydroxyl groups is 3. The fraction of sp³-hybridized carbons (Fsp3) is 0.455. The summed E-state index contributed by atoms with van der Waals surface area (Å²) >= 11 is 0. The third-order valence-corrected chi connectivity index (χ3v) is 3.59. The molecule has 0 aromatic carbocycles. The Bertz CT molecular complexity index is 742. The van der Waals surface area contributed by atoms with Crippen LogP contribution in [0.15, 0.2) is 11.3 Å². The van der Waals surface area contributed by atoms with Gasteiger partial charge in [0.2, 0.25) is 5.96 Å². The first-order valence-corrected chi connectivity index (χ1v) is 6.50. The second-order valence-electron chi connectivity index (χ2n) is 5.00. The van der Waals surface area contributed by atoms with E-state index in [2.05, 4.69) is 15.3 Å². The van der Waals surface area contributed by atoms with E-state index in [9.17, 15) is 10.2 Å². The minimum absolute atomic E-state index is 0.000656. The number of nitrogens with two attached hydrogens (primary N) is 3. The molecule has 2 aliphatic rings. The van der Waals surface area contributed by atoms with Crippen LogP contribution in [0.1, 0.15) is 6.23 Å². The van der Waals surface area contributed by atoms with Crippen molar-refractivity contribution in [1.82, 2.24) is 14.9 Å². The van der Waals surface area contributed by atoms with E-state index in [1.807, 2.05) is 0 Å². The Balaban J connectivity index is 2.15. The maximum atomic E-state index is 10.1. The van der Waals surface area contributed by atoms with Crippen LogP contribution in [0, 0.1) is 0 Å². The number of hydrogen-bond acceptors (Lipinski definition) is 10. The minimum Gasteiger partial charge on any atom is -0.394 e. The summed E-state index contributed by atoms with van der Waals surface area (Å²) in [6, 6.07) is 0. The molecule has 1 aromatic rings. The summed E-state index contributed by atoms with van der Waals surface area (Å²) in [7, 11) is 0. The Morgan fingerprint density at radius 2 is 2.00 bits per heavy atom. The van der Waals surface area contributed by atoms with Crippen LogP contribution in [0.5, 0.6) is 0 Å². The zero-order valence-electron chi connectivity index (χ0n) is 11.4. The molecule has 4 atom stereocenters. The topological polar surface area (TPSA) is 190 Å². The van der Waals surface area contributed by atoms with Crippen LogP contribution in [0.25, 0.3) is 11.6 Å². The van der Waals surface area contributed by atoms with Crippen LogP contribution in [-0.2, 0) is 4.74 Å². The van der Waals surface area contributed by atoms with Gasteiger partial charge in [0.1, 0.15) is 34.8 Å². The lowest BCUT2D eigenvalue weighted by Gasteiger charge is -2.17. The molecule has 0 bridgehead atoms. The normalized spacial score (nSPS) is 31.5. The summed E-state index contributed by atoms with van der Waals surface area (Å²) in [5, 5.41) is 32.3. The summed E-state index contributed by atoms with van der Waals surface area (Å²) < 4.78 is 6.86. The lowest BCUT2D eigenvalue weighted by atomic mass is 10.1. The maximum Gasteiger partial charge on any atom is 0.201 e. The maximum absolute atomic E-state index is 10.1. The lowest BCUT2D eigenvalue weighted by Crippen LogP contribution is -2.44. The summed E-state index contributed by atoms with van der Waals surface area (Å²) in [5.41, 5.74) is 17.3. The third kappa shape index (κ3) is 2.07. The first-order valence-electron chi connectivity index (χ1n) is 6.50. The number of guanidine groups is 1. The largest absolute Gasteiger partial charge is 0.394 e. The predicted molar refractivity (Wildman–Crippen MR) is 74.4 cm³/mol.